The van der Waals surface area contributed by atoms with Crippen molar-refractivity contribution in [3.63, 3.8) is 0 Å². The molecule has 0 radical (unpaired) electrons. The summed E-state index contributed by atoms with van der Waals surface area (Å²) in [4.78, 5) is 4.13. The van der Waals surface area contributed by atoms with Crippen LogP contribution in [0, 0.1) is 5.82 Å². The van der Waals surface area contributed by atoms with Gasteiger partial charge in [0.1, 0.15) is 5.82 Å². The summed E-state index contributed by atoms with van der Waals surface area (Å²) in [5.74, 6) is 0.676. The summed E-state index contributed by atoms with van der Waals surface area (Å²) in [7, 11) is 1.74. The highest BCUT2D eigenvalue weighted by Gasteiger charge is 2.45. The van der Waals surface area contributed by atoms with E-state index >= 15 is 0 Å². The SMILES string of the molecule is CCNC(=NC)NCC1(c2ccccc2F)CC1.I. The number of aliphatic imine (C=N–C) groups is 1. The van der Waals surface area contributed by atoms with Crippen molar-refractivity contribution in [2.24, 2.45) is 4.99 Å². The smallest absolute Gasteiger partial charge is 0.190 e. The molecule has 1 aromatic carbocycles. The average molecular weight is 377 g/mol. The van der Waals surface area contributed by atoms with Crippen molar-refractivity contribution in [1.82, 2.24) is 10.6 Å². The maximum atomic E-state index is 13.8. The lowest BCUT2D eigenvalue weighted by Crippen LogP contribution is -2.41. The van der Waals surface area contributed by atoms with E-state index in [4.69, 9.17) is 0 Å². The molecule has 2 rings (SSSR count). The van der Waals surface area contributed by atoms with Crippen LogP contribution in [0.5, 0.6) is 0 Å². The van der Waals surface area contributed by atoms with E-state index in [1.165, 1.54) is 6.07 Å². The Bertz CT molecular complexity index is 444. The van der Waals surface area contributed by atoms with Crippen molar-refractivity contribution < 1.29 is 4.39 Å². The Morgan fingerprint density at radius 2 is 2.00 bits per heavy atom. The number of benzene rings is 1. The second kappa shape index (κ2) is 7.07. The van der Waals surface area contributed by atoms with E-state index < -0.39 is 0 Å². The Morgan fingerprint density at radius 1 is 1.32 bits per heavy atom. The van der Waals surface area contributed by atoms with Gasteiger partial charge in [-0.3, -0.25) is 4.99 Å². The summed E-state index contributed by atoms with van der Waals surface area (Å²) in [5.41, 5.74) is 0.779. The minimum Gasteiger partial charge on any atom is -0.357 e. The zero-order valence-corrected chi connectivity index (χ0v) is 13.7. The van der Waals surface area contributed by atoms with Gasteiger partial charge in [-0.05, 0) is 31.4 Å². The highest BCUT2D eigenvalue weighted by molar-refractivity contribution is 14.0. The van der Waals surface area contributed by atoms with Gasteiger partial charge in [0.25, 0.3) is 0 Å². The molecule has 0 aromatic heterocycles. The fraction of sp³-hybridized carbons (Fsp3) is 0.500. The van der Waals surface area contributed by atoms with Crippen LogP contribution in [-0.4, -0.2) is 26.1 Å². The minimum absolute atomic E-state index is 0. The Morgan fingerprint density at radius 3 is 2.53 bits per heavy atom. The van der Waals surface area contributed by atoms with Crippen molar-refractivity contribution in [2.75, 3.05) is 20.1 Å². The third kappa shape index (κ3) is 3.81. The molecule has 0 unspecified atom stereocenters. The van der Waals surface area contributed by atoms with Crippen molar-refractivity contribution in [3.05, 3.63) is 35.6 Å². The summed E-state index contributed by atoms with van der Waals surface area (Å²) < 4.78 is 13.8. The van der Waals surface area contributed by atoms with E-state index in [1.54, 1.807) is 13.1 Å². The van der Waals surface area contributed by atoms with Crippen molar-refractivity contribution in [2.45, 2.75) is 25.2 Å². The predicted octanol–water partition coefficient (Wildman–Crippen LogP) is 2.66. The topological polar surface area (TPSA) is 36.4 Å². The molecule has 1 saturated carbocycles. The number of hydrogen-bond acceptors (Lipinski definition) is 1. The van der Waals surface area contributed by atoms with Gasteiger partial charge in [0.05, 0.1) is 0 Å². The third-order valence-electron chi connectivity index (χ3n) is 3.46. The Labute approximate surface area is 131 Å². The molecule has 0 heterocycles. The van der Waals surface area contributed by atoms with Gasteiger partial charge in [-0.1, -0.05) is 18.2 Å². The van der Waals surface area contributed by atoms with Gasteiger partial charge in [0.2, 0.25) is 0 Å². The lowest BCUT2D eigenvalue weighted by molar-refractivity contribution is 0.560. The van der Waals surface area contributed by atoms with Crippen molar-refractivity contribution >= 4 is 29.9 Å². The fourth-order valence-electron chi connectivity index (χ4n) is 2.22. The first-order valence-corrected chi connectivity index (χ1v) is 6.41. The summed E-state index contributed by atoms with van der Waals surface area (Å²) >= 11 is 0. The number of guanidine groups is 1. The molecule has 1 aliphatic carbocycles. The largest absolute Gasteiger partial charge is 0.357 e. The molecule has 1 fully saturated rings. The highest BCUT2D eigenvalue weighted by atomic mass is 127. The number of nitrogens with one attached hydrogen (secondary N) is 2. The molecule has 0 spiro atoms. The second-order valence-electron chi connectivity index (χ2n) is 4.72. The second-order valence-corrected chi connectivity index (χ2v) is 4.72. The van der Waals surface area contributed by atoms with Crippen LogP contribution in [0.25, 0.3) is 0 Å². The lowest BCUT2D eigenvalue weighted by Gasteiger charge is -2.19. The van der Waals surface area contributed by atoms with E-state index in [2.05, 4.69) is 15.6 Å². The molecule has 5 heteroatoms. The minimum atomic E-state index is -0.102. The molecule has 19 heavy (non-hydrogen) atoms. The molecule has 0 aliphatic heterocycles. The monoisotopic (exact) mass is 377 g/mol. The summed E-state index contributed by atoms with van der Waals surface area (Å²) in [6.07, 6.45) is 2.06. The van der Waals surface area contributed by atoms with Gasteiger partial charge in [-0.15, -0.1) is 24.0 Å². The Kier molecular flexibility index (Phi) is 6.03. The molecule has 0 saturated heterocycles. The van der Waals surface area contributed by atoms with E-state index in [0.717, 1.165) is 37.5 Å². The van der Waals surface area contributed by atoms with Crippen LogP contribution in [0.2, 0.25) is 0 Å². The lowest BCUT2D eigenvalue weighted by atomic mass is 9.95. The third-order valence-corrected chi connectivity index (χ3v) is 3.46. The molecule has 0 atom stereocenters. The number of nitrogens with zero attached hydrogens (tertiary/aromatic N) is 1. The molecule has 0 bridgehead atoms. The van der Waals surface area contributed by atoms with Crippen LogP contribution in [0.3, 0.4) is 0 Å². The van der Waals surface area contributed by atoms with Gasteiger partial charge in [0, 0.05) is 25.6 Å². The first-order chi connectivity index (χ1) is 8.72. The zero-order valence-electron chi connectivity index (χ0n) is 11.4. The van der Waals surface area contributed by atoms with Gasteiger partial charge >= 0.3 is 0 Å². The van der Waals surface area contributed by atoms with E-state index in [-0.39, 0.29) is 35.2 Å². The van der Waals surface area contributed by atoms with Gasteiger partial charge in [-0.25, -0.2) is 4.39 Å². The van der Waals surface area contributed by atoms with Crippen LogP contribution in [0.4, 0.5) is 4.39 Å². The highest BCUT2D eigenvalue weighted by Crippen LogP contribution is 2.48. The number of hydrogen-bond donors (Lipinski definition) is 2. The average Bonchev–Trinajstić information content (AvgIpc) is 3.16. The first-order valence-electron chi connectivity index (χ1n) is 6.41. The van der Waals surface area contributed by atoms with Crippen molar-refractivity contribution in [3.8, 4) is 0 Å². The maximum Gasteiger partial charge on any atom is 0.190 e. The molecule has 2 N–H and O–H groups in total. The molecule has 1 aromatic rings. The molecular formula is C14H21FIN3. The van der Waals surface area contributed by atoms with E-state index in [1.807, 2.05) is 19.1 Å². The Hall–Kier alpha value is -0.850. The van der Waals surface area contributed by atoms with Gasteiger partial charge in [0.15, 0.2) is 5.96 Å². The fourth-order valence-corrected chi connectivity index (χ4v) is 2.22. The molecule has 0 amide bonds. The quantitative estimate of drug-likeness (QED) is 0.481. The summed E-state index contributed by atoms with van der Waals surface area (Å²) in [5, 5.41) is 6.41. The molecule has 3 nitrogen and oxygen atoms in total. The predicted molar refractivity (Wildman–Crippen MR) is 87.8 cm³/mol. The van der Waals surface area contributed by atoms with Crippen LogP contribution in [-0.2, 0) is 5.41 Å². The summed E-state index contributed by atoms with van der Waals surface area (Å²) in [6.45, 7) is 3.58. The molecule has 106 valence electrons. The molecule has 1 aliphatic rings. The van der Waals surface area contributed by atoms with Crippen LogP contribution >= 0.6 is 24.0 Å². The van der Waals surface area contributed by atoms with Crippen molar-refractivity contribution in [1.29, 1.82) is 0 Å². The Balaban J connectivity index is 0.00000180. The van der Waals surface area contributed by atoms with Crippen LogP contribution < -0.4 is 10.6 Å². The molecular weight excluding hydrogens is 356 g/mol. The van der Waals surface area contributed by atoms with Crippen LogP contribution in [0.15, 0.2) is 29.3 Å². The standard InChI is InChI=1S/C14H20FN3.HI/c1-3-17-13(16-2)18-10-14(8-9-14)11-6-4-5-7-12(11)15;/h4-7H,3,8-10H2,1-2H3,(H2,16,17,18);1H. The number of halogens is 2. The van der Waals surface area contributed by atoms with Gasteiger partial charge in [-0.2, -0.15) is 0 Å². The number of rotatable bonds is 4. The van der Waals surface area contributed by atoms with Gasteiger partial charge < -0.3 is 10.6 Å². The van der Waals surface area contributed by atoms with E-state index in [9.17, 15) is 4.39 Å². The maximum absolute atomic E-state index is 13.8. The van der Waals surface area contributed by atoms with E-state index in [0.29, 0.717) is 0 Å². The zero-order chi connectivity index (χ0) is 13.0. The van der Waals surface area contributed by atoms with Crippen LogP contribution in [0.1, 0.15) is 25.3 Å². The summed E-state index contributed by atoms with van der Waals surface area (Å²) in [6, 6.07) is 7.06. The first kappa shape index (κ1) is 16.2. The normalized spacial score (nSPS) is 16.5.